The Kier molecular flexibility index (Phi) is 5.25. The molecule has 4 nitrogen and oxygen atoms in total. The van der Waals surface area contributed by atoms with Gasteiger partial charge in [0.25, 0.3) is 0 Å². The van der Waals surface area contributed by atoms with E-state index in [0.717, 1.165) is 0 Å². The topological polar surface area (TPSA) is 58.9 Å². The average molecular weight is 172 g/mol. The third kappa shape index (κ3) is 4.76. The second-order valence-corrected chi connectivity index (χ2v) is 2.56. The Morgan fingerprint density at radius 1 is 1.89 bits per heavy atom. The molecule has 0 rings (SSSR count). The van der Waals surface area contributed by atoms with Crippen LogP contribution in [0.5, 0.6) is 0 Å². The van der Waals surface area contributed by atoms with Crippen LogP contribution in [-0.4, -0.2) is 18.4 Å². The predicted molar refractivity (Wildman–Crippen MR) is 38.4 cm³/mol. The van der Waals surface area contributed by atoms with Crippen molar-refractivity contribution in [3.63, 3.8) is 0 Å². The molecule has 0 saturated heterocycles. The molecule has 2 unspecified atom stereocenters. The Bertz CT molecular complexity index is 117. The molecule has 0 aliphatic rings. The van der Waals surface area contributed by atoms with Crippen molar-refractivity contribution in [3.8, 4) is 0 Å². The molecule has 54 valence electrons. The Labute approximate surface area is 57.9 Å². The van der Waals surface area contributed by atoms with Crippen molar-refractivity contribution in [1.29, 1.82) is 1.28 Å². The summed E-state index contributed by atoms with van der Waals surface area (Å²) in [5.74, 6) is 1.36. The molecule has 2 atom stereocenters. The van der Waals surface area contributed by atoms with Crippen molar-refractivity contribution in [1.82, 2.24) is 0 Å². The fourth-order valence-corrected chi connectivity index (χ4v) is 1.02. The van der Waals surface area contributed by atoms with Gasteiger partial charge in [0.2, 0.25) is 0 Å². The minimum atomic E-state index is -1.13. The Morgan fingerprint density at radius 3 is 2.89 bits per heavy atom. The number of hydrogen-bond acceptors (Lipinski definition) is 4. The first-order valence-corrected chi connectivity index (χ1v) is 4.60. The van der Waals surface area contributed by atoms with E-state index in [1.54, 1.807) is 0 Å². The SMILES string of the molecule is [3H]P(P)/C=C(\COO)OO. The molecule has 0 radical (unpaired) electrons. The van der Waals surface area contributed by atoms with E-state index in [4.69, 9.17) is 11.8 Å². The van der Waals surface area contributed by atoms with Crippen molar-refractivity contribution in [3.05, 3.63) is 11.6 Å². The molecule has 0 aromatic carbocycles. The van der Waals surface area contributed by atoms with Gasteiger partial charge >= 0.3 is 0 Å². The van der Waals surface area contributed by atoms with E-state index in [1.807, 2.05) is 0 Å². The third-order valence-corrected chi connectivity index (χ3v) is 1.43. The first kappa shape index (κ1) is 7.39. The van der Waals surface area contributed by atoms with Crippen LogP contribution in [0.15, 0.2) is 11.6 Å². The van der Waals surface area contributed by atoms with Crippen molar-refractivity contribution < 1.29 is 20.3 Å². The van der Waals surface area contributed by atoms with Gasteiger partial charge < -0.3 is 4.89 Å². The molecule has 9 heavy (non-hydrogen) atoms. The molecule has 0 bridgehead atoms. The molecule has 0 amide bonds. The van der Waals surface area contributed by atoms with Gasteiger partial charge in [0.05, 0.1) is 1.28 Å². The third-order valence-electron chi connectivity index (χ3n) is 0.543. The molecule has 0 aliphatic carbocycles. The van der Waals surface area contributed by atoms with Crippen LogP contribution < -0.4 is 0 Å². The van der Waals surface area contributed by atoms with Crippen LogP contribution in [0.25, 0.3) is 0 Å². The van der Waals surface area contributed by atoms with Crippen LogP contribution >= 0.6 is 17.1 Å². The highest BCUT2D eigenvalue weighted by molar-refractivity contribution is 8.04. The van der Waals surface area contributed by atoms with Crippen molar-refractivity contribution in [2.75, 3.05) is 6.61 Å². The van der Waals surface area contributed by atoms with E-state index in [-0.39, 0.29) is 12.4 Å². The minimum Gasteiger partial charge on any atom is -0.342 e. The zero-order chi connectivity index (χ0) is 7.98. The van der Waals surface area contributed by atoms with E-state index in [0.29, 0.717) is 0 Å². The molecule has 0 spiro atoms. The monoisotopic (exact) mass is 172 g/mol. The molecule has 0 aromatic heterocycles. The Hall–Kier alpha value is 0.280. The van der Waals surface area contributed by atoms with E-state index in [2.05, 4.69) is 18.7 Å². The second kappa shape index (κ2) is 6.40. The van der Waals surface area contributed by atoms with Crippen LogP contribution in [0.2, 0.25) is 0 Å². The fourth-order valence-electron chi connectivity index (χ4n) is 0.234. The first-order chi connectivity index (χ1) is 4.70. The number of hydrogen-bond donors (Lipinski definition) is 2. The van der Waals surface area contributed by atoms with Gasteiger partial charge in [-0.3, -0.25) is 5.26 Å². The molecule has 0 saturated carbocycles. The van der Waals surface area contributed by atoms with Crippen LogP contribution in [0.1, 0.15) is 0 Å². The normalized spacial score (nSPS) is 16.8. The highest BCUT2D eigenvalue weighted by Gasteiger charge is 1.94. The summed E-state index contributed by atoms with van der Waals surface area (Å²) >= 11 is 0. The van der Waals surface area contributed by atoms with Gasteiger partial charge in [-0.05, 0) is 5.82 Å². The van der Waals surface area contributed by atoms with Crippen LogP contribution in [0.3, 0.4) is 0 Å². The maximum atomic E-state index is 8.06. The lowest BCUT2D eigenvalue weighted by atomic mass is 10.6. The molecule has 0 fully saturated rings. The van der Waals surface area contributed by atoms with Crippen molar-refractivity contribution in [2.24, 2.45) is 0 Å². The van der Waals surface area contributed by atoms with Crippen LogP contribution in [0, 0.1) is 0 Å². The molecule has 2 N–H and O–H groups in total. The summed E-state index contributed by atoms with van der Waals surface area (Å²) in [4.78, 5) is 7.42. The molecular weight excluding hydrogens is 162 g/mol. The highest BCUT2D eigenvalue weighted by Crippen LogP contribution is 2.23. The molecule has 6 heteroatoms. The van der Waals surface area contributed by atoms with Gasteiger partial charge in [0, 0.05) is 0 Å². The predicted octanol–water partition coefficient (Wildman–Crippen LogP) is 1.28. The summed E-state index contributed by atoms with van der Waals surface area (Å²) in [5.41, 5.74) is 0. The summed E-state index contributed by atoms with van der Waals surface area (Å²) < 4.78 is 7.01. The zero-order valence-corrected chi connectivity index (χ0v) is 6.57. The summed E-state index contributed by atoms with van der Waals surface area (Å²) in [6.45, 7) is -0.247. The second-order valence-electron chi connectivity index (χ2n) is 1.11. The largest absolute Gasteiger partial charge is 0.342 e. The number of rotatable bonds is 4. The van der Waals surface area contributed by atoms with Gasteiger partial charge in [-0.2, -0.15) is 0 Å². The standard InChI is InChI=1S/C3H8O4P2/c4-6-1-3(7-5)2-9-8/h2,4-5,9H,1,8H2/b3-2+/i9T. The van der Waals surface area contributed by atoms with Gasteiger partial charge in [0.1, 0.15) is 6.61 Å². The Balaban J connectivity index is 3.78. The molecule has 0 aromatic rings. The van der Waals surface area contributed by atoms with E-state index in [1.165, 1.54) is 5.82 Å². The summed E-state index contributed by atoms with van der Waals surface area (Å²) in [6, 6.07) is 0. The van der Waals surface area contributed by atoms with Gasteiger partial charge in [-0.1, -0.05) is 8.21 Å². The van der Waals surface area contributed by atoms with Gasteiger partial charge in [-0.15, -0.1) is 8.93 Å². The van der Waals surface area contributed by atoms with Crippen molar-refractivity contribution in [2.45, 2.75) is 0 Å². The lowest BCUT2D eigenvalue weighted by molar-refractivity contribution is -0.268. The molecule has 0 heterocycles. The van der Waals surface area contributed by atoms with Crippen LogP contribution in [-0.2, 0) is 9.78 Å². The lowest BCUT2D eigenvalue weighted by Gasteiger charge is -1.97. The lowest BCUT2D eigenvalue weighted by Crippen LogP contribution is -1.95. The first-order valence-electron chi connectivity index (χ1n) is 2.46. The zero-order valence-electron chi connectivity index (χ0n) is 5.52. The summed E-state index contributed by atoms with van der Waals surface area (Å²) in [7, 11) is 1.08. The van der Waals surface area contributed by atoms with E-state index < -0.39 is 8.21 Å². The Morgan fingerprint density at radius 2 is 2.56 bits per heavy atom. The van der Waals surface area contributed by atoms with Gasteiger partial charge in [0.15, 0.2) is 5.76 Å². The average Bonchev–Trinajstić information content (AvgIpc) is 1.86. The quantitative estimate of drug-likeness (QED) is 0.290. The van der Waals surface area contributed by atoms with E-state index in [9.17, 15) is 0 Å². The van der Waals surface area contributed by atoms with E-state index >= 15 is 0 Å². The summed E-state index contributed by atoms with van der Waals surface area (Å²) in [6.07, 6.45) is 0. The minimum absolute atomic E-state index is 0.0265. The highest BCUT2D eigenvalue weighted by atomic mass is 32.0. The smallest absolute Gasteiger partial charge is 0.171 e. The molecule has 0 aliphatic heterocycles. The maximum absolute atomic E-state index is 8.06. The summed E-state index contributed by atoms with van der Waals surface area (Å²) in [5, 5.41) is 16.0. The fraction of sp³-hybridized carbons (Fsp3) is 0.333. The maximum Gasteiger partial charge on any atom is 0.171 e. The van der Waals surface area contributed by atoms with Gasteiger partial charge in [-0.25, -0.2) is 10.1 Å². The van der Waals surface area contributed by atoms with Crippen LogP contribution in [0.4, 0.5) is 0 Å². The molecular formula is C3H8O4P2. The van der Waals surface area contributed by atoms with Crippen molar-refractivity contribution >= 4 is 17.1 Å².